The second-order valence-electron chi connectivity index (χ2n) is 4.75. The molecular formula is C17H17ClN2O4. The van der Waals surface area contributed by atoms with E-state index in [0.29, 0.717) is 28.4 Å². The molecule has 2 rings (SSSR count). The first-order chi connectivity index (χ1) is 11.6. The van der Waals surface area contributed by atoms with E-state index in [9.17, 15) is 9.59 Å². The van der Waals surface area contributed by atoms with Crippen LogP contribution in [0.4, 0.5) is 11.4 Å². The van der Waals surface area contributed by atoms with Gasteiger partial charge in [0.2, 0.25) is 5.91 Å². The standard InChI is InChI=1S/C17H17ClN2O4/c1-23-14-9-13(20-17(22)11-6-4-3-5-7-11)15(24-2)8-12(14)19-16(21)10-18/h3-9H,10H2,1-2H3,(H,19,21)(H,20,22). The summed E-state index contributed by atoms with van der Waals surface area (Å²) < 4.78 is 10.5. The summed E-state index contributed by atoms with van der Waals surface area (Å²) in [6, 6.07) is 11.9. The lowest BCUT2D eigenvalue weighted by molar-refractivity contribution is -0.113. The molecular weight excluding hydrogens is 332 g/mol. The van der Waals surface area contributed by atoms with E-state index in [1.54, 1.807) is 36.4 Å². The third-order valence-corrected chi connectivity index (χ3v) is 3.44. The number of hydrogen-bond acceptors (Lipinski definition) is 4. The monoisotopic (exact) mass is 348 g/mol. The van der Waals surface area contributed by atoms with Crippen LogP contribution < -0.4 is 20.1 Å². The van der Waals surface area contributed by atoms with Crippen molar-refractivity contribution in [3.05, 3.63) is 48.0 Å². The zero-order valence-electron chi connectivity index (χ0n) is 13.3. The number of carbonyl (C=O) groups is 2. The molecule has 0 aromatic heterocycles. The molecule has 0 radical (unpaired) electrons. The van der Waals surface area contributed by atoms with E-state index in [-0.39, 0.29) is 17.7 Å². The van der Waals surface area contributed by atoms with Gasteiger partial charge >= 0.3 is 0 Å². The molecule has 0 unspecified atom stereocenters. The molecule has 0 saturated heterocycles. The smallest absolute Gasteiger partial charge is 0.255 e. The maximum absolute atomic E-state index is 12.3. The van der Waals surface area contributed by atoms with Crippen LogP contribution in [-0.2, 0) is 4.79 Å². The van der Waals surface area contributed by atoms with Gasteiger partial charge in [-0.2, -0.15) is 0 Å². The van der Waals surface area contributed by atoms with Crippen LogP contribution in [0.3, 0.4) is 0 Å². The van der Waals surface area contributed by atoms with Crippen molar-refractivity contribution in [1.82, 2.24) is 0 Å². The summed E-state index contributed by atoms with van der Waals surface area (Å²) in [6.45, 7) is 0. The number of carbonyl (C=O) groups excluding carboxylic acids is 2. The van der Waals surface area contributed by atoms with Crippen LogP contribution in [0, 0.1) is 0 Å². The van der Waals surface area contributed by atoms with Gasteiger partial charge in [0.1, 0.15) is 17.4 Å². The number of nitrogens with one attached hydrogen (secondary N) is 2. The van der Waals surface area contributed by atoms with E-state index in [4.69, 9.17) is 21.1 Å². The Morgan fingerprint density at radius 1 is 0.958 bits per heavy atom. The number of methoxy groups -OCH3 is 2. The van der Waals surface area contributed by atoms with Gasteiger partial charge in [0.25, 0.3) is 5.91 Å². The minimum absolute atomic E-state index is 0.183. The number of hydrogen-bond donors (Lipinski definition) is 2. The summed E-state index contributed by atoms with van der Waals surface area (Å²) in [7, 11) is 2.92. The second kappa shape index (κ2) is 8.21. The molecule has 0 aliphatic carbocycles. The minimum atomic E-state index is -0.377. The third kappa shape index (κ3) is 4.17. The number of ether oxygens (including phenoxy) is 2. The van der Waals surface area contributed by atoms with E-state index < -0.39 is 0 Å². The molecule has 2 aromatic rings. The van der Waals surface area contributed by atoms with Crippen molar-refractivity contribution in [2.24, 2.45) is 0 Å². The normalized spacial score (nSPS) is 9.96. The van der Waals surface area contributed by atoms with Gasteiger partial charge in [0.15, 0.2) is 0 Å². The Kier molecular flexibility index (Phi) is 6.03. The van der Waals surface area contributed by atoms with Crippen LogP contribution in [0.5, 0.6) is 11.5 Å². The lowest BCUT2D eigenvalue weighted by atomic mass is 10.2. The third-order valence-electron chi connectivity index (χ3n) is 3.20. The average molecular weight is 349 g/mol. The Morgan fingerprint density at radius 2 is 1.50 bits per heavy atom. The van der Waals surface area contributed by atoms with Crippen molar-refractivity contribution in [2.45, 2.75) is 0 Å². The van der Waals surface area contributed by atoms with Crippen molar-refractivity contribution >= 4 is 34.8 Å². The summed E-state index contributed by atoms with van der Waals surface area (Å²) in [5, 5.41) is 5.37. The predicted octanol–water partition coefficient (Wildman–Crippen LogP) is 3.13. The molecule has 2 N–H and O–H groups in total. The summed E-state index contributed by atoms with van der Waals surface area (Å²) in [6.07, 6.45) is 0. The van der Waals surface area contributed by atoms with Crippen LogP contribution in [0.1, 0.15) is 10.4 Å². The summed E-state index contributed by atoms with van der Waals surface area (Å²) in [5.74, 6) is -0.0908. The zero-order chi connectivity index (χ0) is 17.5. The fourth-order valence-electron chi connectivity index (χ4n) is 2.06. The van der Waals surface area contributed by atoms with Crippen LogP contribution in [-0.4, -0.2) is 31.9 Å². The lowest BCUT2D eigenvalue weighted by Gasteiger charge is -2.16. The molecule has 7 heteroatoms. The number of rotatable bonds is 6. The van der Waals surface area contributed by atoms with Gasteiger partial charge < -0.3 is 20.1 Å². The largest absolute Gasteiger partial charge is 0.494 e. The molecule has 0 atom stereocenters. The highest BCUT2D eigenvalue weighted by atomic mass is 35.5. The van der Waals surface area contributed by atoms with Crippen molar-refractivity contribution in [3.8, 4) is 11.5 Å². The predicted molar refractivity (Wildman–Crippen MR) is 93.3 cm³/mol. The van der Waals surface area contributed by atoms with Gasteiger partial charge in [-0.25, -0.2) is 0 Å². The van der Waals surface area contributed by atoms with Crippen LogP contribution in [0.25, 0.3) is 0 Å². The van der Waals surface area contributed by atoms with E-state index in [2.05, 4.69) is 10.6 Å². The highest BCUT2D eigenvalue weighted by molar-refractivity contribution is 6.29. The van der Waals surface area contributed by atoms with Gasteiger partial charge in [0.05, 0.1) is 25.6 Å². The highest BCUT2D eigenvalue weighted by Gasteiger charge is 2.15. The first-order valence-corrected chi connectivity index (χ1v) is 7.60. The topological polar surface area (TPSA) is 76.7 Å². The zero-order valence-corrected chi connectivity index (χ0v) is 14.0. The van der Waals surface area contributed by atoms with Crippen molar-refractivity contribution in [2.75, 3.05) is 30.7 Å². The van der Waals surface area contributed by atoms with E-state index in [1.165, 1.54) is 14.2 Å². The molecule has 0 fully saturated rings. The van der Waals surface area contributed by atoms with Crippen molar-refractivity contribution in [3.63, 3.8) is 0 Å². The first kappa shape index (κ1) is 17.6. The van der Waals surface area contributed by atoms with Gasteiger partial charge in [0, 0.05) is 17.7 Å². The molecule has 0 heterocycles. The Labute approximate surface area is 144 Å². The van der Waals surface area contributed by atoms with Gasteiger partial charge in [-0.15, -0.1) is 11.6 Å². The van der Waals surface area contributed by atoms with Crippen molar-refractivity contribution in [1.29, 1.82) is 0 Å². The Morgan fingerprint density at radius 3 is 2.00 bits per heavy atom. The fraction of sp³-hybridized carbons (Fsp3) is 0.176. The minimum Gasteiger partial charge on any atom is -0.494 e. The molecule has 0 aliphatic rings. The lowest BCUT2D eigenvalue weighted by Crippen LogP contribution is -2.15. The number of halogens is 1. The number of anilines is 2. The Bertz CT molecular complexity index is 735. The molecule has 2 amide bonds. The summed E-state index contributed by atoms with van der Waals surface area (Å²) >= 11 is 5.50. The first-order valence-electron chi connectivity index (χ1n) is 7.07. The fourth-order valence-corrected chi connectivity index (χ4v) is 2.13. The average Bonchev–Trinajstić information content (AvgIpc) is 2.62. The van der Waals surface area contributed by atoms with Gasteiger partial charge in [-0.05, 0) is 12.1 Å². The van der Waals surface area contributed by atoms with Crippen LogP contribution >= 0.6 is 11.6 Å². The highest BCUT2D eigenvalue weighted by Crippen LogP contribution is 2.36. The van der Waals surface area contributed by atoms with E-state index >= 15 is 0 Å². The second-order valence-corrected chi connectivity index (χ2v) is 5.02. The quantitative estimate of drug-likeness (QED) is 0.786. The number of benzene rings is 2. The van der Waals surface area contributed by atoms with E-state index in [0.717, 1.165) is 0 Å². The van der Waals surface area contributed by atoms with E-state index in [1.807, 2.05) is 6.07 Å². The molecule has 24 heavy (non-hydrogen) atoms. The molecule has 0 spiro atoms. The Hall–Kier alpha value is -2.73. The number of alkyl halides is 1. The maximum Gasteiger partial charge on any atom is 0.255 e. The molecule has 2 aromatic carbocycles. The van der Waals surface area contributed by atoms with Gasteiger partial charge in [-0.3, -0.25) is 9.59 Å². The van der Waals surface area contributed by atoms with Crippen molar-refractivity contribution < 1.29 is 19.1 Å². The molecule has 0 aliphatic heterocycles. The molecule has 6 nitrogen and oxygen atoms in total. The van der Waals surface area contributed by atoms with Crippen LogP contribution in [0.2, 0.25) is 0 Å². The number of amides is 2. The molecule has 0 saturated carbocycles. The SMILES string of the molecule is COc1cc(NC(=O)c2ccccc2)c(OC)cc1NC(=O)CCl. The van der Waals surface area contributed by atoms with Gasteiger partial charge in [-0.1, -0.05) is 18.2 Å². The molecule has 0 bridgehead atoms. The summed E-state index contributed by atoms with van der Waals surface area (Å²) in [4.78, 5) is 23.8. The molecule has 126 valence electrons. The van der Waals surface area contributed by atoms with Crippen LogP contribution in [0.15, 0.2) is 42.5 Å². The summed E-state index contributed by atoms with van der Waals surface area (Å²) in [5.41, 5.74) is 1.34. The maximum atomic E-state index is 12.3. The Balaban J connectivity index is 2.32.